The molecule has 0 spiro atoms. The molecule has 116 valence electrons. The van der Waals surface area contributed by atoms with Crippen LogP contribution in [-0.2, 0) is 4.79 Å². The molecule has 21 heavy (non-hydrogen) atoms. The number of benzene rings is 1. The number of carbonyl (C=O) groups is 1. The number of nitrogens with zero attached hydrogens (tertiary/aromatic N) is 1. The zero-order chi connectivity index (χ0) is 15.4. The van der Waals surface area contributed by atoms with E-state index in [2.05, 4.69) is 41.9 Å². The van der Waals surface area contributed by atoms with Gasteiger partial charge in [-0.15, -0.1) is 11.8 Å². The van der Waals surface area contributed by atoms with Gasteiger partial charge in [0, 0.05) is 22.5 Å². The molecule has 1 amide bonds. The lowest BCUT2D eigenvalue weighted by atomic mass is 9.97. The monoisotopic (exact) mass is 370 g/mol. The molecule has 1 fully saturated rings. The second-order valence-electron chi connectivity index (χ2n) is 5.72. The van der Waals surface area contributed by atoms with Gasteiger partial charge in [-0.2, -0.15) is 0 Å². The molecule has 0 bridgehead atoms. The first-order chi connectivity index (χ1) is 10.0. The Bertz CT molecular complexity index is 513. The van der Waals surface area contributed by atoms with E-state index in [4.69, 9.17) is 5.73 Å². The van der Waals surface area contributed by atoms with Gasteiger partial charge in [-0.05, 0) is 62.4 Å². The summed E-state index contributed by atoms with van der Waals surface area (Å²) < 4.78 is 1.12. The summed E-state index contributed by atoms with van der Waals surface area (Å²) in [5.74, 6) is 1.36. The van der Waals surface area contributed by atoms with Crippen LogP contribution in [0, 0.1) is 19.8 Å². The maximum Gasteiger partial charge on any atom is 0.232 e. The number of hydrogen-bond acceptors (Lipinski definition) is 3. The molecule has 0 aromatic heterocycles. The molecule has 0 saturated carbocycles. The SMILES string of the molecule is Cc1cc(SCC(=O)N2CCC(CN)CC2)c(C)cc1Br. The fourth-order valence-corrected chi connectivity index (χ4v) is 4.02. The van der Waals surface area contributed by atoms with Crippen LogP contribution in [-0.4, -0.2) is 36.2 Å². The minimum Gasteiger partial charge on any atom is -0.342 e. The molecule has 1 saturated heterocycles. The maximum atomic E-state index is 12.3. The predicted octanol–water partition coefficient (Wildman–Crippen LogP) is 3.36. The van der Waals surface area contributed by atoms with Crippen LogP contribution in [0.1, 0.15) is 24.0 Å². The highest BCUT2D eigenvalue weighted by atomic mass is 79.9. The van der Waals surface area contributed by atoms with Gasteiger partial charge in [0.05, 0.1) is 5.75 Å². The Hall–Kier alpha value is -0.520. The Labute approximate surface area is 139 Å². The Morgan fingerprint density at radius 1 is 1.33 bits per heavy atom. The molecule has 1 heterocycles. The van der Waals surface area contributed by atoms with E-state index in [0.29, 0.717) is 11.7 Å². The van der Waals surface area contributed by atoms with Crippen molar-refractivity contribution < 1.29 is 4.79 Å². The van der Waals surface area contributed by atoms with Crippen LogP contribution in [0.3, 0.4) is 0 Å². The van der Waals surface area contributed by atoms with Crippen LogP contribution < -0.4 is 5.73 Å². The fraction of sp³-hybridized carbons (Fsp3) is 0.562. The maximum absolute atomic E-state index is 12.3. The first kappa shape index (κ1) is 16.8. The van der Waals surface area contributed by atoms with E-state index >= 15 is 0 Å². The van der Waals surface area contributed by atoms with Crippen molar-refractivity contribution >= 4 is 33.6 Å². The molecule has 0 radical (unpaired) electrons. The topological polar surface area (TPSA) is 46.3 Å². The summed E-state index contributed by atoms with van der Waals surface area (Å²) in [7, 11) is 0. The highest BCUT2D eigenvalue weighted by molar-refractivity contribution is 9.10. The van der Waals surface area contributed by atoms with Crippen LogP contribution in [0.4, 0.5) is 0 Å². The van der Waals surface area contributed by atoms with Crippen molar-refractivity contribution in [1.82, 2.24) is 4.90 Å². The van der Waals surface area contributed by atoms with Gasteiger partial charge >= 0.3 is 0 Å². The van der Waals surface area contributed by atoms with Crippen molar-refractivity contribution in [3.8, 4) is 0 Å². The zero-order valence-corrected chi connectivity index (χ0v) is 15.1. The van der Waals surface area contributed by atoms with E-state index in [0.717, 1.165) is 36.9 Å². The molecule has 1 aliphatic rings. The van der Waals surface area contributed by atoms with Crippen molar-refractivity contribution in [2.45, 2.75) is 31.6 Å². The summed E-state index contributed by atoms with van der Waals surface area (Å²) >= 11 is 5.18. The molecule has 0 unspecified atom stereocenters. The van der Waals surface area contributed by atoms with E-state index in [1.54, 1.807) is 11.8 Å². The number of aryl methyl sites for hydroxylation is 2. The van der Waals surface area contributed by atoms with Crippen molar-refractivity contribution in [2.24, 2.45) is 11.7 Å². The van der Waals surface area contributed by atoms with Crippen LogP contribution >= 0.6 is 27.7 Å². The average molecular weight is 371 g/mol. The lowest BCUT2D eigenvalue weighted by Crippen LogP contribution is -2.40. The van der Waals surface area contributed by atoms with Gasteiger partial charge in [0.15, 0.2) is 0 Å². The number of piperidine rings is 1. The molecule has 0 atom stereocenters. The molecule has 1 aromatic rings. The smallest absolute Gasteiger partial charge is 0.232 e. The number of nitrogens with two attached hydrogens (primary N) is 1. The number of halogens is 1. The van der Waals surface area contributed by atoms with Crippen molar-refractivity contribution in [3.63, 3.8) is 0 Å². The van der Waals surface area contributed by atoms with E-state index in [1.807, 2.05) is 4.90 Å². The zero-order valence-electron chi connectivity index (χ0n) is 12.7. The third kappa shape index (κ3) is 4.47. The normalized spacial score (nSPS) is 16.3. The van der Waals surface area contributed by atoms with Gasteiger partial charge in [0.25, 0.3) is 0 Å². The summed E-state index contributed by atoms with van der Waals surface area (Å²) in [4.78, 5) is 15.5. The summed E-state index contributed by atoms with van der Waals surface area (Å²) in [5, 5.41) is 0. The third-order valence-corrected chi connectivity index (χ3v) is 6.10. The lowest BCUT2D eigenvalue weighted by Gasteiger charge is -2.31. The third-order valence-electron chi connectivity index (χ3n) is 4.11. The van der Waals surface area contributed by atoms with E-state index in [1.165, 1.54) is 16.0 Å². The van der Waals surface area contributed by atoms with Crippen molar-refractivity contribution in [1.29, 1.82) is 0 Å². The lowest BCUT2D eigenvalue weighted by molar-refractivity contribution is -0.129. The van der Waals surface area contributed by atoms with Gasteiger partial charge in [-0.1, -0.05) is 15.9 Å². The van der Waals surface area contributed by atoms with Crippen LogP contribution in [0.25, 0.3) is 0 Å². The van der Waals surface area contributed by atoms with E-state index in [9.17, 15) is 4.79 Å². The molecule has 3 nitrogen and oxygen atoms in total. The number of thioether (sulfide) groups is 1. The van der Waals surface area contributed by atoms with Crippen LogP contribution in [0.5, 0.6) is 0 Å². The quantitative estimate of drug-likeness (QED) is 0.826. The first-order valence-corrected chi connectivity index (χ1v) is 9.16. The van der Waals surface area contributed by atoms with E-state index < -0.39 is 0 Å². The number of carbonyl (C=O) groups excluding carboxylic acids is 1. The summed E-state index contributed by atoms with van der Waals surface area (Å²) in [6, 6.07) is 4.27. The Balaban J connectivity index is 1.88. The molecule has 0 aliphatic carbocycles. The number of rotatable bonds is 4. The minimum atomic E-state index is 0.246. The highest BCUT2D eigenvalue weighted by Crippen LogP contribution is 2.29. The minimum absolute atomic E-state index is 0.246. The summed E-state index contributed by atoms with van der Waals surface area (Å²) in [6.45, 7) is 6.63. The Morgan fingerprint density at radius 3 is 2.62 bits per heavy atom. The highest BCUT2D eigenvalue weighted by Gasteiger charge is 2.21. The largest absolute Gasteiger partial charge is 0.342 e. The second-order valence-corrected chi connectivity index (χ2v) is 7.59. The molecular weight excluding hydrogens is 348 g/mol. The average Bonchev–Trinajstić information content (AvgIpc) is 2.49. The standard InChI is InChI=1S/C16H23BrN2OS/c1-11-8-15(12(2)7-14(11)17)21-10-16(20)19-5-3-13(9-18)4-6-19/h7-8,13H,3-6,9-10,18H2,1-2H3. The van der Waals surface area contributed by atoms with Crippen molar-refractivity contribution in [3.05, 3.63) is 27.7 Å². The van der Waals surface area contributed by atoms with Crippen LogP contribution in [0.2, 0.25) is 0 Å². The molecule has 2 rings (SSSR count). The van der Waals surface area contributed by atoms with Gasteiger partial charge in [0.2, 0.25) is 5.91 Å². The molecule has 1 aromatic carbocycles. The number of likely N-dealkylation sites (tertiary alicyclic amines) is 1. The molecule has 2 N–H and O–H groups in total. The molecule has 5 heteroatoms. The number of hydrogen-bond donors (Lipinski definition) is 1. The summed E-state index contributed by atoms with van der Waals surface area (Å²) in [5.41, 5.74) is 8.11. The first-order valence-electron chi connectivity index (χ1n) is 7.38. The van der Waals surface area contributed by atoms with Crippen LogP contribution in [0.15, 0.2) is 21.5 Å². The van der Waals surface area contributed by atoms with E-state index in [-0.39, 0.29) is 5.91 Å². The molecular formula is C16H23BrN2OS. The van der Waals surface area contributed by atoms with Gasteiger partial charge in [-0.25, -0.2) is 0 Å². The second kappa shape index (κ2) is 7.65. The fourth-order valence-electron chi connectivity index (χ4n) is 2.56. The molecule has 1 aliphatic heterocycles. The Kier molecular flexibility index (Phi) is 6.14. The number of amides is 1. The van der Waals surface area contributed by atoms with Gasteiger partial charge in [0.1, 0.15) is 0 Å². The predicted molar refractivity (Wildman–Crippen MR) is 92.7 cm³/mol. The Morgan fingerprint density at radius 2 is 2.00 bits per heavy atom. The van der Waals surface area contributed by atoms with Gasteiger partial charge in [-0.3, -0.25) is 4.79 Å². The summed E-state index contributed by atoms with van der Waals surface area (Å²) in [6.07, 6.45) is 2.09. The van der Waals surface area contributed by atoms with Gasteiger partial charge < -0.3 is 10.6 Å². The van der Waals surface area contributed by atoms with Crippen molar-refractivity contribution in [2.75, 3.05) is 25.4 Å².